The van der Waals surface area contributed by atoms with E-state index in [1.165, 1.54) is 95.5 Å². The Morgan fingerprint density at radius 1 is 0.857 bits per heavy atom. The number of hydrogen-bond acceptors (Lipinski definition) is 0. The first kappa shape index (κ1) is 36.2. The molecule has 5 aliphatic rings. The fraction of sp³-hybridized carbons (Fsp3) is 0.250. The molecule has 0 radical (unpaired) electrons. The van der Waals surface area contributed by atoms with Crippen LogP contribution in [0.4, 0.5) is 0 Å². The molecule has 5 aliphatic carbocycles. The Balaban J connectivity index is 0.949. The highest BCUT2D eigenvalue weighted by Crippen LogP contribution is 2.55. The van der Waals surface area contributed by atoms with Gasteiger partial charge in [-0.25, -0.2) is 0 Å². The van der Waals surface area contributed by atoms with Gasteiger partial charge in [-0.3, -0.25) is 0 Å². The smallest absolute Gasteiger partial charge is 0.0124 e. The zero-order valence-electron chi connectivity index (χ0n) is 34.0. The Labute approximate surface area is 335 Å². The molecule has 0 heterocycles. The summed E-state index contributed by atoms with van der Waals surface area (Å²) in [7, 11) is 0. The number of benzene rings is 4. The molecule has 2 unspecified atom stereocenters. The fourth-order valence-electron chi connectivity index (χ4n) is 10.1. The van der Waals surface area contributed by atoms with E-state index in [4.69, 9.17) is 0 Å². The number of aryl methyl sites for hydroxylation is 2. The molecule has 0 fully saturated rings. The van der Waals surface area contributed by atoms with Crippen molar-refractivity contribution in [1.29, 1.82) is 0 Å². The number of fused-ring (bicyclic) bond motifs is 4. The quantitative estimate of drug-likeness (QED) is 0.159. The minimum Gasteiger partial charge on any atom is -0.0839 e. The fourth-order valence-corrected chi connectivity index (χ4v) is 10.1. The van der Waals surface area contributed by atoms with Gasteiger partial charge in [0.1, 0.15) is 0 Å². The average molecular weight is 727 g/mol. The number of allylic oxidation sites excluding steroid dienone is 18. The van der Waals surface area contributed by atoms with Crippen molar-refractivity contribution in [3.05, 3.63) is 218 Å². The SMILES string of the molecule is Cc1cc(C)c2c(c1)C(C)(C)C1=C2C=C(c2cccc(C(C)/C=C/C(=C\C=C/C3=CCCC=C3c3ccc4c(c3)C(C)C3=C4CCC=C3)c3ccccc3)c2)C1. The monoisotopic (exact) mass is 726 g/mol. The molecule has 0 saturated heterocycles. The second-order valence-corrected chi connectivity index (χ2v) is 17.2. The predicted molar refractivity (Wildman–Crippen MR) is 241 cm³/mol. The standard InChI is InChI=1S/C56H54/c1-36-30-38(3)55-52-34-46(35-53(52)56(5,6)54(55)31-36)44-22-15-21-43(32-44)37(2)26-27-41(40-16-8-7-9-17-40)19-14-20-42-18-10-11-24-48(42)45-28-29-50-49-25-13-12-23-47(49)39(4)51(50)33-45/h7-9,12,14-24,26-34,37,39H,10-11,13,25,35H2,1-6H3/b20-14-,27-26+,41-19+. The van der Waals surface area contributed by atoms with E-state index >= 15 is 0 Å². The molecule has 0 N–H and O–H groups in total. The zero-order valence-corrected chi connectivity index (χ0v) is 34.0. The summed E-state index contributed by atoms with van der Waals surface area (Å²) in [6.07, 6.45) is 29.1. The molecule has 56 heavy (non-hydrogen) atoms. The van der Waals surface area contributed by atoms with Gasteiger partial charge < -0.3 is 0 Å². The maximum atomic E-state index is 2.49. The van der Waals surface area contributed by atoms with Crippen molar-refractivity contribution in [1.82, 2.24) is 0 Å². The van der Waals surface area contributed by atoms with Crippen molar-refractivity contribution < 1.29 is 0 Å². The first-order valence-corrected chi connectivity index (χ1v) is 20.9. The van der Waals surface area contributed by atoms with Crippen molar-refractivity contribution in [2.24, 2.45) is 0 Å². The Morgan fingerprint density at radius 3 is 2.55 bits per heavy atom. The molecule has 2 atom stereocenters. The van der Waals surface area contributed by atoms with E-state index in [1.54, 1.807) is 11.1 Å². The highest BCUT2D eigenvalue weighted by atomic mass is 14.4. The van der Waals surface area contributed by atoms with Gasteiger partial charge in [0.15, 0.2) is 0 Å². The van der Waals surface area contributed by atoms with Gasteiger partial charge in [0.05, 0.1) is 0 Å². The van der Waals surface area contributed by atoms with Gasteiger partial charge in [0.25, 0.3) is 0 Å². The molecule has 9 rings (SSSR count). The maximum absolute atomic E-state index is 2.49. The predicted octanol–water partition coefficient (Wildman–Crippen LogP) is 15.2. The number of rotatable bonds is 8. The summed E-state index contributed by atoms with van der Waals surface area (Å²) >= 11 is 0. The highest BCUT2D eigenvalue weighted by Gasteiger charge is 2.40. The normalized spacial score (nSPS) is 20.3. The van der Waals surface area contributed by atoms with Crippen molar-refractivity contribution in [3.8, 4) is 0 Å². The lowest BCUT2D eigenvalue weighted by Gasteiger charge is -2.25. The molecule has 4 aromatic carbocycles. The summed E-state index contributed by atoms with van der Waals surface area (Å²) in [6.45, 7) is 14.0. The van der Waals surface area contributed by atoms with Crippen LogP contribution in [0, 0.1) is 13.8 Å². The lowest BCUT2D eigenvalue weighted by Crippen LogP contribution is -2.17. The molecule has 4 aromatic rings. The molecule has 0 bridgehead atoms. The van der Waals surface area contributed by atoms with E-state index in [9.17, 15) is 0 Å². The van der Waals surface area contributed by atoms with Gasteiger partial charge in [0, 0.05) is 11.3 Å². The molecule has 0 nitrogen and oxygen atoms in total. The summed E-state index contributed by atoms with van der Waals surface area (Å²) in [4.78, 5) is 0. The molecule has 0 amide bonds. The van der Waals surface area contributed by atoms with Crippen LogP contribution in [0.3, 0.4) is 0 Å². The molecule has 0 heteroatoms. The Hall–Kier alpha value is -5.46. The van der Waals surface area contributed by atoms with Gasteiger partial charge in [-0.2, -0.15) is 0 Å². The third-order valence-electron chi connectivity index (χ3n) is 13.2. The zero-order chi connectivity index (χ0) is 38.6. The summed E-state index contributed by atoms with van der Waals surface area (Å²) in [6, 6.07) is 32.1. The van der Waals surface area contributed by atoms with Crippen LogP contribution in [0.5, 0.6) is 0 Å². The van der Waals surface area contributed by atoms with Gasteiger partial charge in [-0.1, -0.05) is 173 Å². The average Bonchev–Trinajstić information content (AvgIpc) is 3.85. The first-order chi connectivity index (χ1) is 27.2. The third-order valence-corrected chi connectivity index (χ3v) is 13.2. The minimum absolute atomic E-state index is 0.0584. The van der Waals surface area contributed by atoms with Gasteiger partial charge >= 0.3 is 0 Å². The first-order valence-electron chi connectivity index (χ1n) is 20.9. The molecular weight excluding hydrogens is 673 g/mol. The third kappa shape index (κ3) is 6.44. The van der Waals surface area contributed by atoms with Crippen LogP contribution in [0.1, 0.15) is 127 Å². The van der Waals surface area contributed by atoms with Crippen LogP contribution < -0.4 is 0 Å². The summed E-state index contributed by atoms with van der Waals surface area (Å²) < 4.78 is 0. The van der Waals surface area contributed by atoms with E-state index in [2.05, 4.69) is 187 Å². The van der Waals surface area contributed by atoms with Crippen LogP contribution in [-0.4, -0.2) is 0 Å². The van der Waals surface area contributed by atoms with E-state index in [0.717, 1.165) is 25.7 Å². The highest BCUT2D eigenvalue weighted by molar-refractivity contribution is 5.98. The van der Waals surface area contributed by atoms with Crippen LogP contribution in [0.25, 0.3) is 27.9 Å². The molecular formula is C56H54. The van der Waals surface area contributed by atoms with Crippen LogP contribution >= 0.6 is 0 Å². The van der Waals surface area contributed by atoms with E-state index < -0.39 is 0 Å². The van der Waals surface area contributed by atoms with E-state index in [-0.39, 0.29) is 11.3 Å². The maximum Gasteiger partial charge on any atom is 0.0124 e. The lowest BCUT2D eigenvalue weighted by molar-refractivity contribution is 0.628. The Morgan fingerprint density at radius 2 is 1.70 bits per heavy atom. The van der Waals surface area contributed by atoms with E-state index in [1.807, 2.05) is 0 Å². The molecule has 0 aromatic heterocycles. The number of hydrogen-bond donors (Lipinski definition) is 0. The molecule has 278 valence electrons. The van der Waals surface area contributed by atoms with Crippen molar-refractivity contribution in [3.63, 3.8) is 0 Å². The van der Waals surface area contributed by atoms with Gasteiger partial charge in [-0.15, -0.1) is 0 Å². The van der Waals surface area contributed by atoms with Crippen LogP contribution in [0.15, 0.2) is 162 Å². The van der Waals surface area contributed by atoms with Crippen LogP contribution in [-0.2, 0) is 5.41 Å². The second-order valence-electron chi connectivity index (χ2n) is 17.2. The van der Waals surface area contributed by atoms with Crippen LogP contribution in [0.2, 0.25) is 0 Å². The van der Waals surface area contributed by atoms with Crippen molar-refractivity contribution in [2.75, 3.05) is 0 Å². The van der Waals surface area contributed by atoms with Crippen molar-refractivity contribution in [2.45, 2.75) is 90.9 Å². The topological polar surface area (TPSA) is 0 Å². The van der Waals surface area contributed by atoms with Gasteiger partial charge in [0.2, 0.25) is 0 Å². The second kappa shape index (κ2) is 14.6. The summed E-state index contributed by atoms with van der Waals surface area (Å²) in [5.41, 5.74) is 25.4. The lowest BCUT2D eigenvalue weighted by atomic mass is 9.78. The largest absolute Gasteiger partial charge is 0.0839 e. The Kier molecular flexibility index (Phi) is 9.41. The minimum atomic E-state index is 0.0584. The molecule has 0 spiro atoms. The van der Waals surface area contributed by atoms with Crippen molar-refractivity contribution >= 4 is 27.9 Å². The summed E-state index contributed by atoms with van der Waals surface area (Å²) in [5, 5.41) is 0. The molecule has 0 aliphatic heterocycles. The Bertz CT molecular complexity index is 2540. The summed E-state index contributed by atoms with van der Waals surface area (Å²) in [5.74, 6) is 0.734. The molecule has 0 saturated carbocycles. The van der Waals surface area contributed by atoms with E-state index in [0.29, 0.717) is 5.92 Å². The van der Waals surface area contributed by atoms with Gasteiger partial charge in [-0.05, 0) is 153 Å².